The van der Waals surface area contributed by atoms with E-state index in [4.69, 9.17) is 0 Å². The maximum atomic E-state index is 10.7. The van der Waals surface area contributed by atoms with E-state index in [1.807, 2.05) is 0 Å². The number of allylic oxidation sites excluding steroid dienone is 3. The van der Waals surface area contributed by atoms with E-state index in [0.717, 1.165) is 35.3 Å². The van der Waals surface area contributed by atoms with Crippen molar-refractivity contribution in [1.29, 1.82) is 0 Å². The van der Waals surface area contributed by atoms with Crippen LogP contribution in [0.25, 0.3) is 0 Å². The summed E-state index contributed by atoms with van der Waals surface area (Å²) in [5, 5.41) is 33.0. The van der Waals surface area contributed by atoms with E-state index in [1.54, 1.807) is 16.9 Å². The molecular formula is C29H42O3S. The molecule has 7 atom stereocenters. The van der Waals surface area contributed by atoms with Gasteiger partial charge in [-0.3, -0.25) is 0 Å². The van der Waals surface area contributed by atoms with Gasteiger partial charge in [-0.15, -0.1) is 11.3 Å². The van der Waals surface area contributed by atoms with Crippen molar-refractivity contribution in [2.45, 2.75) is 96.9 Å². The van der Waals surface area contributed by atoms with Crippen LogP contribution in [0.3, 0.4) is 0 Å². The maximum absolute atomic E-state index is 10.7. The summed E-state index contributed by atoms with van der Waals surface area (Å²) in [5.41, 5.74) is 4.89. The number of aryl methyl sites for hydroxylation is 1. The standard InChI is InChI=1S/C29H42O3S/c1-18-14-28(33-17-18)26(31)12-7-19(2)24-10-11-25-21(6-5-13-29(24,25)4)8-9-22-15-23(30)16-27(32)20(22)3/h8-9,14,17,19,23-27,30-32H,3,5-7,10-13,15-16H2,1-2,4H3/b21-8+,22-9-/t19-,23-,24-,25+,26-,27+,29-/m1/s1. The summed E-state index contributed by atoms with van der Waals surface area (Å²) in [6.45, 7) is 11.1. The Balaban J connectivity index is 1.43. The minimum Gasteiger partial charge on any atom is -0.393 e. The molecule has 3 saturated carbocycles. The van der Waals surface area contributed by atoms with Crippen molar-refractivity contribution in [3.8, 4) is 0 Å². The molecule has 0 spiro atoms. The van der Waals surface area contributed by atoms with Gasteiger partial charge in [-0.1, -0.05) is 38.2 Å². The molecule has 1 aromatic heterocycles. The molecule has 1 aromatic rings. The third kappa shape index (κ3) is 5.24. The zero-order chi connectivity index (χ0) is 23.8. The predicted molar refractivity (Wildman–Crippen MR) is 137 cm³/mol. The van der Waals surface area contributed by atoms with Crippen LogP contribution in [0.4, 0.5) is 0 Å². The van der Waals surface area contributed by atoms with E-state index >= 15 is 0 Å². The molecule has 33 heavy (non-hydrogen) atoms. The molecule has 0 bridgehead atoms. The molecule has 4 rings (SSSR count). The lowest BCUT2D eigenvalue weighted by Gasteiger charge is -2.44. The molecular weight excluding hydrogens is 428 g/mol. The van der Waals surface area contributed by atoms with E-state index in [0.29, 0.717) is 36.0 Å². The number of rotatable bonds is 6. The average molecular weight is 471 g/mol. The Bertz CT molecular complexity index is 912. The van der Waals surface area contributed by atoms with Crippen LogP contribution < -0.4 is 0 Å². The fraction of sp³-hybridized carbons (Fsp3) is 0.655. The van der Waals surface area contributed by atoms with Crippen LogP contribution in [-0.4, -0.2) is 27.5 Å². The largest absolute Gasteiger partial charge is 0.393 e. The molecule has 0 saturated heterocycles. The average Bonchev–Trinajstić information content (AvgIpc) is 3.36. The SMILES string of the molecule is C=C1/C(=C\C=C2/CCC[C@]3(C)[C@@H]([C@H](C)CC[C@@H](O)c4cc(C)cs4)CC[C@@H]23)C[C@@H](O)C[C@@H]1O. The predicted octanol–water partition coefficient (Wildman–Crippen LogP) is 6.65. The summed E-state index contributed by atoms with van der Waals surface area (Å²) in [5.74, 6) is 1.92. The fourth-order valence-electron chi connectivity index (χ4n) is 7.07. The minimum absolute atomic E-state index is 0.328. The van der Waals surface area contributed by atoms with Gasteiger partial charge in [0.15, 0.2) is 0 Å². The Hall–Kier alpha value is -1.20. The molecule has 0 amide bonds. The van der Waals surface area contributed by atoms with Gasteiger partial charge in [-0.25, -0.2) is 0 Å². The Morgan fingerprint density at radius 1 is 1.24 bits per heavy atom. The van der Waals surface area contributed by atoms with Crippen molar-refractivity contribution in [3.63, 3.8) is 0 Å². The van der Waals surface area contributed by atoms with E-state index in [1.165, 1.54) is 31.2 Å². The van der Waals surface area contributed by atoms with Crippen molar-refractivity contribution < 1.29 is 15.3 Å². The number of thiophene rings is 1. The second kappa shape index (κ2) is 10.2. The first-order chi connectivity index (χ1) is 15.7. The third-order valence-electron chi connectivity index (χ3n) is 8.96. The van der Waals surface area contributed by atoms with Crippen LogP contribution in [0.5, 0.6) is 0 Å². The van der Waals surface area contributed by atoms with Crippen molar-refractivity contribution >= 4 is 11.3 Å². The molecule has 3 nitrogen and oxygen atoms in total. The lowest BCUT2D eigenvalue weighted by molar-refractivity contribution is 0.0828. The molecule has 182 valence electrons. The van der Waals surface area contributed by atoms with E-state index in [-0.39, 0.29) is 6.10 Å². The zero-order valence-corrected chi connectivity index (χ0v) is 21.4. The summed E-state index contributed by atoms with van der Waals surface area (Å²) in [7, 11) is 0. The lowest BCUT2D eigenvalue weighted by Crippen LogP contribution is -2.36. The van der Waals surface area contributed by atoms with E-state index in [2.05, 4.69) is 50.9 Å². The van der Waals surface area contributed by atoms with Gasteiger partial charge >= 0.3 is 0 Å². The first-order valence-corrected chi connectivity index (χ1v) is 13.7. The van der Waals surface area contributed by atoms with Gasteiger partial charge < -0.3 is 15.3 Å². The van der Waals surface area contributed by atoms with Gasteiger partial charge in [0.2, 0.25) is 0 Å². The van der Waals surface area contributed by atoms with Gasteiger partial charge in [-0.05, 0) is 110 Å². The van der Waals surface area contributed by atoms with Crippen LogP contribution in [-0.2, 0) is 0 Å². The molecule has 4 heteroatoms. The quantitative estimate of drug-likeness (QED) is 0.436. The Labute approximate surface area is 203 Å². The first kappa shape index (κ1) is 24.9. The lowest BCUT2D eigenvalue weighted by atomic mass is 9.60. The number of fused-ring (bicyclic) bond motifs is 1. The van der Waals surface area contributed by atoms with Gasteiger partial charge in [-0.2, -0.15) is 0 Å². The summed E-state index contributed by atoms with van der Waals surface area (Å²) in [6, 6.07) is 2.12. The number of hydrogen-bond donors (Lipinski definition) is 3. The van der Waals surface area contributed by atoms with Crippen LogP contribution in [0.2, 0.25) is 0 Å². The highest BCUT2D eigenvalue weighted by atomic mass is 32.1. The molecule has 0 radical (unpaired) electrons. The summed E-state index contributed by atoms with van der Waals surface area (Å²) in [6.07, 6.45) is 12.1. The number of aliphatic hydroxyl groups is 3. The highest BCUT2D eigenvalue weighted by Gasteiger charge is 2.50. The Kier molecular flexibility index (Phi) is 7.69. The zero-order valence-electron chi connectivity index (χ0n) is 20.6. The molecule has 3 aliphatic carbocycles. The summed E-state index contributed by atoms with van der Waals surface area (Å²) < 4.78 is 0. The topological polar surface area (TPSA) is 60.7 Å². The third-order valence-corrected chi connectivity index (χ3v) is 10.1. The second-order valence-corrected chi connectivity index (χ2v) is 12.2. The van der Waals surface area contributed by atoms with Crippen molar-refractivity contribution in [1.82, 2.24) is 0 Å². The molecule has 1 heterocycles. The van der Waals surface area contributed by atoms with Crippen LogP contribution >= 0.6 is 11.3 Å². The summed E-state index contributed by atoms with van der Waals surface area (Å²) in [4.78, 5) is 1.10. The van der Waals surface area contributed by atoms with Crippen molar-refractivity contribution in [2.24, 2.45) is 23.2 Å². The van der Waals surface area contributed by atoms with Gasteiger partial charge in [0, 0.05) is 11.3 Å². The van der Waals surface area contributed by atoms with E-state index < -0.39 is 12.2 Å². The number of hydrogen-bond acceptors (Lipinski definition) is 4. The number of aliphatic hydroxyl groups excluding tert-OH is 3. The van der Waals surface area contributed by atoms with Crippen LogP contribution in [0, 0.1) is 30.1 Å². The highest BCUT2D eigenvalue weighted by Crippen LogP contribution is 2.60. The van der Waals surface area contributed by atoms with Crippen LogP contribution in [0.15, 0.2) is 46.9 Å². The first-order valence-electron chi connectivity index (χ1n) is 12.9. The smallest absolute Gasteiger partial charge is 0.0882 e. The molecule has 3 N–H and O–H groups in total. The van der Waals surface area contributed by atoms with Gasteiger partial charge in [0.05, 0.1) is 18.3 Å². The Morgan fingerprint density at radius 3 is 2.76 bits per heavy atom. The fourth-order valence-corrected chi connectivity index (χ4v) is 7.99. The second-order valence-electron chi connectivity index (χ2n) is 11.3. The molecule has 0 unspecified atom stereocenters. The minimum atomic E-state index is -0.625. The molecule has 3 fully saturated rings. The molecule has 3 aliphatic rings. The normalized spacial score (nSPS) is 36.8. The maximum Gasteiger partial charge on any atom is 0.0882 e. The Morgan fingerprint density at radius 2 is 2.03 bits per heavy atom. The van der Waals surface area contributed by atoms with Crippen molar-refractivity contribution in [2.75, 3.05) is 0 Å². The van der Waals surface area contributed by atoms with Gasteiger partial charge in [0.1, 0.15) is 0 Å². The monoisotopic (exact) mass is 470 g/mol. The van der Waals surface area contributed by atoms with Crippen molar-refractivity contribution in [3.05, 3.63) is 57.3 Å². The molecule has 0 aromatic carbocycles. The van der Waals surface area contributed by atoms with E-state index in [9.17, 15) is 15.3 Å². The highest BCUT2D eigenvalue weighted by molar-refractivity contribution is 7.10. The van der Waals surface area contributed by atoms with Gasteiger partial charge in [0.25, 0.3) is 0 Å². The van der Waals surface area contributed by atoms with Crippen LogP contribution in [0.1, 0.15) is 88.2 Å². The molecule has 0 aliphatic heterocycles. The summed E-state index contributed by atoms with van der Waals surface area (Å²) >= 11 is 1.68.